The van der Waals surface area contributed by atoms with Crippen LogP contribution in [0.4, 0.5) is 4.39 Å². The average Bonchev–Trinajstić information content (AvgIpc) is 2.73. The Morgan fingerprint density at radius 2 is 1.85 bits per heavy atom. The van der Waals surface area contributed by atoms with Crippen molar-refractivity contribution in [2.75, 3.05) is 0 Å². The Morgan fingerprint density at radius 1 is 1.10 bits per heavy atom. The lowest BCUT2D eigenvalue weighted by atomic mass is 10.2. The lowest BCUT2D eigenvalue weighted by Crippen LogP contribution is -2.01. The molecule has 100 valence electrons. The molecule has 0 spiro atoms. The van der Waals surface area contributed by atoms with Crippen molar-refractivity contribution in [3.8, 4) is 0 Å². The summed E-state index contributed by atoms with van der Waals surface area (Å²) in [5.74, 6) is -0.381. The highest BCUT2D eigenvalue weighted by Crippen LogP contribution is 2.31. The van der Waals surface area contributed by atoms with Crippen LogP contribution >= 0.6 is 11.6 Å². The molecule has 20 heavy (non-hydrogen) atoms. The van der Waals surface area contributed by atoms with Gasteiger partial charge in [0.15, 0.2) is 6.29 Å². The highest BCUT2D eigenvalue weighted by molar-refractivity contribution is 6.34. The molecule has 0 atom stereocenters. The van der Waals surface area contributed by atoms with Gasteiger partial charge in [0.05, 0.1) is 11.1 Å². The monoisotopic (exact) mass is 287 g/mol. The fraction of sp³-hybridized carbons (Fsp3) is 0.0625. The van der Waals surface area contributed by atoms with Gasteiger partial charge in [-0.25, -0.2) is 4.39 Å². The molecular weight excluding hydrogens is 277 g/mol. The summed E-state index contributed by atoms with van der Waals surface area (Å²) in [4.78, 5) is 11.2. The lowest BCUT2D eigenvalue weighted by Gasteiger charge is -2.07. The Morgan fingerprint density at radius 3 is 2.55 bits per heavy atom. The van der Waals surface area contributed by atoms with Crippen molar-refractivity contribution in [3.05, 3.63) is 70.6 Å². The summed E-state index contributed by atoms with van der Waals surface area (Å²) in [6.45, 7) is 0.422. The number of carbonyl (C=O) groups is 1. The fourth-order valence-corrected chi connectivity index (χ4v) is 2.68. The van der Waals surface area contributed by atoms with Crippen LogP contribution in [0.3, 0.4) is 0 Å². The number of aromatic nitrogens is 1. The third kappa shape index (κ3) is 2.00. The molecule has 0 amide bonds. The smallest absolute Gasteiger partial charge is 0.153 e. The van der Waals surface area contributed by atoms with Gasteiger partial charge in [-0.15, -0.1) is 0 Å². The van der Waals surface area contributed by atoms with Crippen LogP contribution in [-0.2, 0) is 6.54 Å². The molecule has 0 saturated heterocycles. The normalized spacial score (nSPS) is 10.9. The van der Waals surface area contributed by atoms with E-state index in [2.05, 4.69) is 0 Å². The van der Waals surface area contributed by atoms with Crippen LogP contribution in [0.5, 0.6) is 0 Å². The van der Waals surface area contributed by atoms with Crippen LogP contribution in [0.25, 0.3) is 10.9 Å². The Balaban J connectivity index is 2.24. The first-order chi connectivity index (χ1) is 9.72. The Bertz CT molecular complexity index is 780. The van der Waals surface area contributed by atoms with E-state index in [1.165, 1.54) is 6.07 Å². The zero-order valence-corrected chi connectivity index (χ0v) is 11.3. The lowest BCUT2D eigenvalue weighted by molar-refractivity contribution is 0.112. The Labute approximate surface area is 120 Å². The van der Waals surface area contributed by atoms with Crippen molar-refractivity contribution < 1.29 is 9.18 Å². The van der Waals surface area contributed by atoms with Gasteiger partial charge in [-0.1, -0.05) is 54.1 Å². The first-order valence-corrected chi connectivity index (χ1v) is 6.55. The first-order valence-electron chi connectivity index (χ1n) is 6.17. The molecule has 4 heteroatoms. The number of rotatable bonds is 3. The molecule has 1 heterocycles. The molecule has 0 bridgehead atoms. The van der Waals surface area contributed by atoms with Gasteiger partial charge in [-0.3, -0.25) is 4.79 Å². The van der Waals surface area contributed by atoms with E-state index in [0.717, 1.165) is 5.56 Å². The minimum Gasteiger partial charge on any atom is -0.324 e. The number of nitrogens with zero attached hydrogens (tertiary/aromatic N) is 1. The number of benzene rings is 2. The van der Waals surface area contributed by atoms with Gasteiger partial charge in [0, 0.05) is 11.9 Å². The maximum atomic E-state index is 14.1. The molecule has 2 nitrogen and oxygen atoms in total. The van der Waals surface area contributed by atoms with Crippen molar-refractivity contribution in [1.29, 1.82) is 0 Å². The number of aldehydes is 1. The molecule has 0 fully saturated rings. The molecule has 0 aliphatic carbocycles. The van der Waals surface area contributed by atoms with E-state index in [1.54, 1.807) is 16.7 Å². The van der Waals surface area contributed by atoms with E-state index in [4.69, 9.17) is 11.6 Å². The Kier molecular flexibility index (Phi) is 3.28. The molecule has 0 N–H and O–H groups in total. The number of hydrogen-bond donors (Lipinski definition) is 0. The summed E-state index contributed by atoms with van der Waals surface area (Å²) in [5, 5.41) is 0.810. The van der Waals surface area contributed by atoms with Crippen molar-refractivity contribution in [3.63, 3.8) is 0 Å². The largest absolute Gasteiger partial charge is 0.324 e. The summed E-state index contributed by atoms with van der Waals surface area (Å²) in [6, 6.07) is 14.2. The van der Waals surface area contributed by atoms with Crippen molar-refractivity contribution in [2.24, 2.45) is 0 Å². The minimum atomic E-state index is -0.381. The summed E-state index contributed by atoms with van der Waals surface area (Å²) in [5.41, 5.74) is 1.69. The van der Waals surface area contributed by atoms with Gasteiger partial charge in [-0.2, -0.15) is 0 Å². The number of hydrogen-bond acceptors (Lipinski definition) is 1. The predicted molar refractivity (Wildman–Crippen MR) is 77.8 cm³/mol. The topological polar surface area (TPSA) is 22.0 Å². The molecule has 3 rings (SSSR count). The van der Waals surface area contributed by atoms with Gasteiger partial charge in [0.1, 0.15) is 11.0 Å². The molecule has 0 aliphatic rings. The van der Waals surface area contributed by atoms with Crippen LogP contribution in [0, 0.1) is 5.82 Å². The van der Waals surface area contributed by atoms with Crippen LogP contribution in [0.15, 0.2) is 48.5 Å². The van der Waals surface area contributed by atoms with E-state index in [0.29, 0.717) is 29.3 Å². The second-order valence-corrected chi connectivity index (χ2v) is 4.89. The SMILES string of the molecule is O=Cc1c(Cl)n(Cc2ccccc2)c2c(F)cccc12. The molecule has 0 unspecified atom stereocenters. The molecule has 3 aromatic rings. The van der Waals surface area contributed by atoms with Crippen LogP contribution < -0.4 is 0 Å². The van der Waals surface area contributed by atoms with Crippen molar-refractivity contribution >= 4 is 28.8 Å². The second-order valence-electron chi connectivity index (χ2n) is 4.53. The summed E-state index contributed by atoms with van der Waals surface area (Å²) in [7, 11) is 0. The van der Waals surface area contributed by atoms with E-state index in [-0.39, 0.29) is 11.0 Å². The van der Waals surface area contributed by atoms with Crippen molar-refractivity contribution in [2.45, 2.75) is 6.54 Å². The Hall–Kier alpha value is -2.13. The number of carbonyl (C=O) groups excluding carboxylic acids is 1. The van der Waals surface area contributed by atoms with Gasteiger partial charge in [0.2, 0.25) is 0 Å². The fourth-order valence-electron chi connectivity index (χ4n) is 2.39. The maximum absolute atomic E-state index is 14.1. The van der Waals surface area contributed by atoms with E-state index >= 15 is 0 Å². The predicted octanol–water partition coefficient (Wildman–Crippen LogP) is 4.29. The summed E-state index contributed by atoms with van der Waals surface area (Å²) < 4.78 is 15.7. The van der Waals surface area contributed by atoms with Gasteiger partial charge in [0.25, 0.3) is 0 Å². The average molecular weight is 288 g/mol. The first kappa shape index (κ1) is 12.9. The van der Waals surface area contributed by atoms with E-state index in [1.807, 2.05) is 30.3 Å². The van der Waals surface area contributed by atoms with Crippen LogP contribution in [-0.4, -0.2) is 10.9 Å². The molecule has 1 aromatic heterocycles. The van der Waals surface area contributed by atoms with Gasteiger partial charge in [-0.05, 0) is 11.6 Å². The summed E-state index contributed by atoms with van der Waals surface area (Å²) in [6.07, 6.45) is 0.672. The van der Waals surface area contributed by atoms with E-state index in [9.17, 15) is 9.18 Å². The van der Waals surface area contributed by atoms with Crippen molar-refractivity contribution in [1.82, 2.24) is 4.57 Å². The quantitative estimate of drug-likeness (QED) is 0.659. The second kappa shape index (κ2) is 5.10. The number of para-hydroxylation sites is 1. The zero-order valence-electron chi connectivity index (χ0n) is 10.5. The molecular formula is C16H11ClFNO. The zero-order chi connectivity index (χ0) is 14.1. The van der Waals surface area contributed by atoms with Crippen LogP contribution in [0.1, 0.15) is 15.9 Å². The number of fused-ring (bicyclic) bond motifs is 1. The standard InChI is InChI=1S/C16H11ClFNO/c17-16-13(10-20)12-7-4-8-14(18)15(12)19(16)9-11-5-2-1-3-6-11/h1-8,10H,9H2. The molecule has 0 radical (unpaired) electrons. The highest BCUT2D eigenvalue weighted by atomic mass is 35.5. The highest BCUT2D eigenvalue weighted by Gasteiger charge is 2.17. The number of halogens is 2. The molecule has 0 aliphatic heterocycles. The maximum Gasteiger partial charge on any atom is 0.153 e. The summed E-state index contributed by atoms with van der Waals surface area (Å²) >= 11 is 6.24. The molecule has 2 aromatic carbocycles. The van der Waals surface area contributed by atoms with Crippen LogP contribution in [0.2, 0.25) is 5.15 Å². The van der Waals surface area contributed by atoms with Gasteiger partial charge < -0.3 is 4.57 Å². The third-order valence-corrected chi connectivity index (χ3v) is 3.72. The van der Waals surface area contributed by atoms with E-state index < -0.39 is 0 Å². The minimum absolute atomic E-state index is 0.268. The third-order valence-electron chi connectivity index (χ3n) is 3.31. The molecule has 0 saturated carbocycles. The van der Waals surface area contributed by atoms with Gasteiger partial charge >= 0.3 is 0 Å².